The molecule has 4 N–H and O–H groups in total. The molecule has 206 valence electrons. The van der Waals surface area contributed by atoms with Crippen LogP contribution in [0.3, 0.4) is 0 Å². The van der Waals surface area contributed by atoms with Crippen molar-refractivity contribution < 1.29 is 37.7 Å². The molecule has 0 saturated carbocycles. The van der Waals surface area contributed by atoms with Crippen LogP contribution in [0.25, 0.3) is 11.2 Å². The fourth-order valence-electron chi connectivity index (χ4n) is 4.82. The summed E-state index contributed by atoms with van der Waals surface area (Å²) in [6, 6.07) is 17.0. The van der Waals surface area contributed by atoms with Gasteiger partial charge < -0.3 is 24.7 Å². The fourth-order valence-corrected chi connectivity index (χ4v) is 8.80. The van der Waals surface area contributed by atoms with Crippen molar-refractivity contribution in [2.75, 3.05) is 5.75 Å². The summed E-state index contributed by atoms with van der Waals surface area (Å²) in [4.78, 5) is 30.6. The minimum Gasteiger partial charge on any atom is -0.387 e. The van der Waals surface area contributed by atoms with E-state index in [2.05, 4.69) is 15.0 Å². The fraction of sp³-hybridized carbons (Fsp3) is 0.320. The third kappa shape index (κ3) is 5.66. The van der Waals surface area contributed by atoms with Crippen LogP contribution < -0.4 is 0 Å². The highest BCUT2D eigenvalue weighted by molar-refractivity contribution is 7.97. The SMILES string of the molecule is O=P(O)(O)C(c1ccccc1)S(=O)(=O)C[C@H]1O[C@@H](n2cnc3c(CCc4ccccc4)ncnc32)[C@H](O)[C@@H]1O. The maximum absolute atomic E-state index is 13.2. The van der Waals surface area contributed by atoms with Crippen molar-refractivity contribution in [3.63, 3.8) is 0 Å². The van der Waals surface area contributed by atoms with Crippen molar-refractivity contribution in [1.29, 1.82) is 0 Å². The summed E-state index contributed by atoms with van der Waals surface area (Å²) in [6.07, 6.45) is -1.93. The Bertz CT molecular complexity index is 1600. The molecule has 1 saturated heterocycles. The Hall–Kier alpha value is -3.03. The Kier molecular flexibility index (Phi) is 7.66. The molecule has 0 aliphatic carbocycles. The minimum absolute atomic E-state index is 0.0873. The van der Waals surface area contributed by atoms with Gasteiger partial charge in [0.2, 0.25) is 0 Å². The third-order valence-corrected chi connectivity index (χ3v) is 11.1. The summed E-state index contributed by atoms with van der Waals surface area (Å²) in [5.41, 5.74) is 2.50. The summed E-state index contributed by atoms with van der Waals surface area (Å²) in [6.45, 7) is 0. The zero-order valence-corrected chi connectivity index (χ0v) is 22.2. The largest absolute Gasteiger partial charge is 0.387 e. The zero-order valence-electron chi connectivity index (χ0n) is 20.5. The van der Waals surface area contributed by atoms with Crippen molar-refractivity contribution in [2.24, 2.45) is 0 Å². The van der Waals surface area contributed by atoms with Gasteiger partial charge in [0.15, 0.2) is 26.7 Å². The number of benzene rings is 2. The van der Waals surface area contributed by atoms with Crippen LogP contribution in [0.5, 0.6) is 0 Å². The predicted octanol–water partition coefficient (Wildman–Crippen LogP) is 1.52. The molecular formula is C25H27N4O8PS. The van der Waals surface area contributed by atoms with E-state index in [1.54, 1.807) is 6.07 Å². The van der Waals surface area contributed by atoms with Gasteiger partial charge in [-0.3, -0.25) is 9.13 Å². The van der Waals surface area contributed by atoms with E-state index in [1.807, 2.05) is 30.3 Å². The van der Waals surface area contributed by atoms with Crippen LogP contribution in [0.15, 0.2) is 73.3 Å². The van der Waals surface area contributed by atoms with E-state index in [-0.39, 0.29) is 5.56 Å². The van der Waals surface area contributed by atoms with Crippen molar-refractivity contribution in [3.8, 4) is 0 Å². The number of hydrogen-bond acceptors (Lipinski definition) is 9. The highest BCUT2D eigenvalue weighted by atomic mass is 32.2. The van der Waals surface area contributed by atoms with Gasteiger partial charge in [0.1, 0.15) is 30.2 Å². The number of aliphatic hydroxyl groups is 2. The minimum atomic E-state index is -5.16. The van der Waals surface area contributed by atoms with E-state index in [9.17, 15) is 33.0 Å². The van der Waals surface area contributed by atoms with E-state index >= 15 is 0 Å². The molecule has 2 aromatic carbocycles. The standard InChI is InChI=1S/C25H27N4O8PS/c30-21-19(13-39(35,36)25(38(32,33)34)17-9-5-2-6-10-17)37-24(22(21)31)29-15-28-20-18(26-14-27-23(20)29)12-11-16-7-3-1-4-8-16/h1-10,14-15,19,21-22,24-25,30-31H,11-13H2,(H2,32,33,34)/t19-,21-,22-,24-,25?/m1/s1. The molecule has 5 atom stereocenters. The average Bonchev–Trinajstić information content (AvgIpc) is 3.44. The molecule has 3 heterocycles. The van der Waals surface area contributed by atoms with Crippen LogP contribution in [0.4, 0.5) is 0 Å². The van der Waals surface area contributed by atoms with E-state index in [4.69, 9.17) is 4.74 Å². The molecule has 1 unspecified atom stereocenters. The monoisotopic (exact) mass is 574 g/mol. The summed E-state index contributed by atoms with van der Waals surface area (Å²) in [5, 5.41) is 21.5. The first-order valence-corrected chi connectivity index (χ1v) is 15.5. The van der Waals surface area contributed by atoms with Gasteiger partial charge in [-0.15, -0.1) is 0 Å². The number of imidazole rings is 1. The van der Waals surface area contributed by atoms with Crippen LogP contribution in [0.2, 0.25) is 0 Å². The molecule has 14 heteroatoms. The molecule has 5 rings (SSSR count). The Morgan fingerprint density at radius 3 is 2.26 bits per heavy atom. The Labute approximate surface area is 224 Å². The smallest absolute Gasteiger partial charge is 0.348 e. The Morgan fingerprint density at radius 1 is 0.923 bits per heavy atom. The molecule has 1 aliphatic rings. The van der Waals surface area contributed by atoms with Crippen LogP contribution in [-0.2, 0) is 32.0 Å². The molecule has 0 radical (unpaired) electrons. The number of fused-ring (bicyclic) bond motifs is 1. The van der Waals surface area contributed by atoms with E-state index in [1.165, 1.54) is 41.5 Å². The molecule has 0 amide bonds. The summed E-state index contributed by atoms with van der Waals surface area (Å²) in [5.74, 6) is -0.934. The first-order valence-electron chi connectivity index (χ1n) is 12.1. The number of rotatable bonds is 9. The summed E-state index contributed by atoms with van der Waals surface area (Å²) < 4.78 is 45.8. The molecule has 12 nitrogen and oxygen atoms in total. The first-order chi connectivity index (χ1) is 18.6. The maximum Gasteiger partial charge on any atom is 0.348 e. The van der Waals surface area contributed by atoms with Crippen molar-refractivity contribution in [1.82, 2.24) is 19.5 Å². The Balaban J connectivity index is 1.38. The quantitative estimate of drug-likeness (QED) is 0.213. The third-order valence-electron chi connectivity index (χ3n) is 6.67. The number of hydrogen-bond donors (Lipinski definition) is 4. The van der Waals surface area contributed by atoms with Gasteiger partial charge in [0.25, 0.3) is 0 Å². The predicted molar refractivity (Wildman–Crippen MR) is 140 cm³/mol. The number of nitrogens with zero attached hydrogens (tertiary/aromatic N) is 4. The molecule has 0 bridgehead atoms. The highest BCUT2D eigenvalue weighted by Crippen LogP contribution is 2.55. The second-order valence-corrected chi connectivity index (χ2v) is 13.5. The lowest BCUT2D eigenvalue weighted by molar-refractivity contribution is -0.0292. The van der Waals surface area contributed by atoms with Gasteiger partial charge in [-0.1, -0.05) is 60.7 Å². The summed E-state index contributed by atoms with van der Waals surface area (Å²) >= 11 is 0. The van der Waals surface area contributed by atoms with E-state index in [0.717, 1.165) is 5.56 Å². The van der Waals surface area contributed by atoms with Gasteiger partial charge >= 0.3 is 7.60 Å². The van der Waals surface area contributed by atoms with Gasteiger partial charge in [0.05, 0.1) is 17.8 Å². The molecular weight excluding hydrogens is 547 g/mol. The molecule has 1 fully saturated rings. The maximum atomic E-state index is 13.2. The number of aromatic nitrogens is 4. The highest BCUT2D eigenvalue weighted by Gasteiger charge is 2.50. The molecule has 1 aliphatic heterocycles. The van der Waals surface area contributed by atoms with Gasteiger partial charge in [0, 0.05) is 0 Å². The number of sulfone groups is 1. The van der Waals surface area contributed by atoms with Gasteiger partial charge in [-0.25, -0.2) is 23.4 Å². The van der Waals surface area contributed by atoms with E-state index < -0.39 is 52.7 Å². The number of aryl methyl sites for hydroxylation is 2. The normalized spacial score (nSPS) is 22.8. The topological polar surface area (TPSA) is 185 Å². The average molecular weight is 575 g/mol. The molecule has 4 aromatic rings. The molecule has 2 aromatic heterocycles. The second-order valence-electron chi connectivity index (χ2n) is 9.36. The van der Waals surface area contributed by atoms with Crippen molar-refractivity contribution in [2.45, 2.75) is 42.4 Å². The lowest BCUT2D eigenvalue weighted by atomic mass is 10.1. The van der Waals surface area contributed by atoms with E-state index in [0.29, 0.717) is 29.7 Å². The summed E-state index contributed by atoms with van der Waals surface area (Å²) in [7, 11) is -9.72. The number of aliphatic hydroxyl groups excluding tert-OH is 2. The lowest BCUT2D eigenvalue weighted by Crippen LogP contribution is -2.36. The molecule has 0 spiro atoms. The number of ether oxygens (including phenoxy) is 1. The van der Waals surface area contributed by atoms with Crippen molar-refractivity contribution in [3.05, 3.63) is 90.1 Å². The van der Waals surface area contributed by atoms with Crippen molar-refractivity contribution >= 4 is 28.6 Å². The molecule has 39 heavy (non-hydrogen) atoms. The van der Waals surface area contributed by atoms with Crippen LogP contribution in [-0.4, -0.2) is 72.0 Å². The van der Waals surface area contributed by atoms with Crippen LogP contribution >= 0.6 is 7.60 Å². The first kappa shape index (κ1) is 27.5. The van der Waals surface area contributed by atoms with Gasteiger partial charge in [-0.2, -0.15) is 0 Å². The van der Waals surface area contributed by atoms with Crippen LogP contribution in [0.1, 0.15) is 28.0 Å². The second kappa shape index (κ2) is 10.9. The zero-order chi connectivity index (χ0) is 27.8. The van der Waals surface area contributed by atoms with Gasteiger partial charge in [-0.05, 0) is 24.0 Å². The Morgan fingerprint density at radius 2 is 1.59 bits per heavy atom. The lowest BCUT2D eigenvalue weighted by Gasteiger charge is -2.22. The van der Waals surface area contributed by atoms with Crippen LogP contribution in [0, 0.1) is 0 Å².